The molecule has 0 bridgehead atoms. The lowest BCUT2D eigenvalue weighted by atomic mass is 9.97. The summed E-state index contributed by atoms with van der Waals surface area (Å²) in [6.45, 7) is -0.0684. The van der Waals surface area contributed by atoms with Crippen LogP contribution in [-0.4, -0.2) is 40.8 Å². The molecule has 1 aliphatic carbocycles. The van der Waals surface area contributed by atoms with Gasteiger partial charge in [-0.15, -0.1) is 0 Å². The van der Waals surface area contributed by atoms with Crippen LogP contribution in [0.4, 0.5) is 18.9 Å². The summed E-state index contributed by atoms with van der Waals surface area (Å²) in [5.74, 6) is 0.556. The number of rotatable bonds is 6. The number of benzene rings is 1. The molecule has 1 atom stereocenters. The molecule has 1 aromatic heterocycles. The highest BCUT2D eigenvalue weighted by Gasteiger charge is 2.51. The predicted molar refractivity (Wildman–Crippen MR) is 112 cm³/mol. The van der Waals surface area contributed by atoms with Crippen LogP contribution >= 0.6 is 0 Å². The Hall–Kier alpha value is -2.07. The third kappa shape index (κ3) is 4.74. The van der Waals surface area contributed by atoms with Crippen molar-refractivity contribution in [3.63, 3.8) is 0 Å². The van der Waals surface area contributed by atoms with Gasteiger partial charge in [-0.2, -0.15) is 17.5 Å². The summed E-state index contributed by atoms with van der Waals surface area (Å²) in [4.78, 5) is 9.15. The number of aromatic amines is 1. The largest absolute Gasteiger partial charge is 0.511 e. The van der Waals surface area contributed by atoms with E-state index in [1.165, 1.54) is 12.8 Å². The molecule has 1 aliphatic heterocycles. The number of fused-ring (bicyclic) bond motifs is 1. The van der Waals surface area contributed by atoms with Crippen molar-refractivity contribution < 1.29 is 21.6 Å². The van der Waals surface area contributed by atoms with Crippen molar-refractivity contribution in [3.05, 3.63) is 48.0 Å². The molecule has 0 spiro atoms. The predicted octanol–water partition coefficient (Wildman–Crippen LogP) is 4.42. The fraction of sp³-hybridized carbons (Fsp3) is 0.571. The second kappa shape index (κ2) is 8.82. The molecular weight excluding hydrogens is 429 g/mol. The Morgan fingerprint density at radius 2 is 1.87 bits per heavy atom. The van der Waals surface area contributed by atoms with E-state index >= 15 is 0 Å². The van der Waals surface area contributed by atoms with Gasteiger partial charge in [-0.05, 0) is 30.4 Å². The fourth-order valence-electron chi connectivity index (χ4n) is 4.78. The first kappa shape index (κ1) is 22.1. The number of nitrogens with zero attached hydrogens (tertiary/aromatic N) is 3. The molecule has 170 valence electrons. The lowest BCUT2D eigenvalue weighted by molar-refractivity contribution is -0.0492. The minimum atomic E-state index is -5.43. The average molecular weight is 457 g/mol. The van der Waals surface area contributed by atoms with Gasteiger partial charge in [0, 0.05) is 31.0 Å². The van der Waals surface area contributed by atoms with Crippen LogP contribution in [0, 0.1) is 5.92 Å². The molecule has 6 nitrogen and oxygen atoms in total. The molecule has 0 radical (unpaired) electrons. The number of imidazole rings is 1. The van der Waals surface area contributed by atoms with Crippen molar-refractivity contribution in [1.29, 1.82) is 0 Å². The molecule has 1 N–H and O–H groups in total. The van der Waals surface area contributed by atoms with E-state index in [-0.39, 0.29) is 19.1 Å². The maximum absolute atomic E-state index is 13.4. The Morgan fingerprint density at radius 1 is 1.13 bits per heavy atom. The van der Waals surface area contributed by atoms with Crippen LogP contribution in [0.5, 0.6) is 0 Å². The maximum atomic E-state index is 13.4. The topological polar surface area (TPSA) is 69.3 Å². The first-order valence-electron chi connectivity index (χ1n) is 10.6. The highest BCUT2D eigenvalue weighted by Crippen LogP contribution is 2.37. The Bertz CT molecular complexity index is 973. The summed E-state index contributed by atoms with van der Waals surface area (Å²) in [6.07, 6.45) is 9.40. The van der Waals surface area contributed by atoms with Crippen LogP contribution in [0.15, 0.2) is 36.8 Å². The van der Waals surface area contributed by atoms with E-state index < -0.39 is 15.5 Å². The van der Waals surface area contributed by atoms with Crippen molar-refractivity contribution in [2.45, 2.75) is 63.2 Å². The smallest absolute Gasteiger partial charge is 0.361 e. The molecule has 2 aliphatic rings. The van der Waals surface area contributed by atoms with Crippen molar-refractivity contribution in [2.75, 3.05) is 11.4 Å². The number of alkyl halides is 3. The summed E-state index contributed by atoms with van der Waals surface area (Å²) in [5, 5.41) is 0. The van der Waals surface area contributed by atoms with Gasteiger partial charge in [0.25, 0.3) is 0 Å². The molecule has 2 aromatic rings. The van der Waals surface area contributed by atoms with Gasteiger partial charge in [0.05, 0.1) is 18.6 Å². The molecule has 4 rings (SSSR count). The minimum absolute atomic E-state index is 0.197. The van der Waals surface area contributed by atoms with Gasteiger partial charge >= 0.3 is 15.5 Å². The summed E-state index contributed by atoms with van der Waals surface area (Å²) in [7, 11) is -5.43. The third-order valence-electron chi connectivity index (χ3n) is 6.41. The summed E-state index contributed by atoms with van der Waals surface area (Å²) < 4.78 is 65.6. The molecule has 1 fully saturated rings. The summed E-state index contributed by atoms with van der Waals surface area (Å²) >= 11 is 0. The zero-order valence-corrected chi connectivity index (χ0v) is 18.0. The second-order valence-corrected chi connectivity index (χ2v) is 10.4. The van der Waals surface area contributed by atoms with Gasteiger partial charge < -0.3 is 9.88 Å². The Labute approximate surface area is 180 Å². The zero-order chi connectivity index (χ0) is 22.1. The van der Waals surface area contributed by atoms with Crippen LogP contribution in [0.3, 0.4) is 0 Å². The molecule has 0 amide bonds. The van der Waals surface area contributed by atoms with Gasteiger partial charge in [-0.25, -0.2) is 13.4 Å². The van der Waals surface area contributed by atoms with E-state index in [4.69, 9.17) is 0 Å². The number of nitrogens with one attached hydrogen (secondary N) is 1. The van der Waals surface area contributed by atoms with Gasteiger partial charge in [0.1, 0.15) is 0 Å². The molecule has 1 aromatic carbocycles. The van der Waals surface area contributed by atoms with Crippen molar-refractivity contribution in [2.24, 2.45) is 5.92 Å². The number of halogens is 3. The number of sulfonamides is 1. The highest BCUT2D eigenvalue weighted by molar-refractivity contribution is 7.89. The van der Waals surface area contributed by atoms with Crippen LogP contribution in [0.25, 0.3) is 0 Å². The SMILES string of the molecule is O=S(=O)(N1Cc2ccccc2N(Cc2cnc[nH]2)C(CCC2CCCC2)C1)C(F)(F)F. The van der Waals surface area contributed by atoms with E-state index in [0.29, 0.717) is 28.8 Å². The van der Waals surface area contributed by atoms with E-state index in [9.17, 15) is 21.6 Å². The van der Waals surface area contributed by atoms with Crippen LogP contribution in [0.1, 0.15) is 49.8 Å². The van der Waals surface area contributed by atoms with E-state index in [2.05, 4.69) is 9.97 Å². The molecule has 10 heteroatoms. The van der Waals surface area contributed by atoms with Gasteiger partial charge in [0.2, 0.25) is 0 Å². The van der Waals surface area contributed by atoms with Crippen LogP contribution in [-0.2, 0) is 23.1 Å². The Kier molecular flexibility index (Phi) is 6.30. The Balaban J connectivity index is 1.70. The maximum Gasteiger partial charge on any atom is 0.511 e. The second-order valence-electron chi connectivity index (χ2n) is 8.46. The quantitative estimate of drug-likeness (QED) is 0.699. The summed E-state index contributed by atoms with van der Waals surface area (Å²) in [5.41, 5.74) is -3.16. The third-order valence-corrected chi connectivity index (χ3v) is 7.96. The van der Waals surface area contributed by atoms with Gasteiger partial charge in [-0.3, -0.25) is 0 Å². The number of aromatic nitrogens is 2. The Morgan fingerprint density at radius 3 is 2.55 bits per heavy atom. The van der Waals surface area contributed by atoms with Crippen LogP contribution in [0.2, 0.25) is 0 Å². The average Bonchev–Trinajstić information content (AvgIpc) is 3.39. The first-order chi connectivity index (χ1) is 14.8. The zero-order valence-electron chi connectivity index (χ0n) is 17.2. The van der Waals surface area contributed by atoms with E-state index in [0.717, 1.165) is 30.6 Å². The molecule has 2 heterocycles. The number of H-pyrrole nitrogens is 1. The fourth-order valence-corrected chi connectivity index (χ4v) is 5.75. The number of hydrogen-bond donors (Lipinski definition) is 1. The van der Waals surface area contributed by atoms with Crippen molar-refractivity contribution in [1.82, 2.24) is 14.3 Å². The number of hydrogen-bond acceptors (Lipinski definition) is 4. The van der Waals surface area contributed by atoms with Gasteiger partial charge in [0.15, 0.2) is 0 Å². The molecular formula is C21H27F3N4O2S. The normalized spacial score (nSPS) is 21.3. The van der Waals surface area contributed by atoms with Crippen molar-refractivity contribution in [3.8, 4) is 0 Å². The van der Waals surface area contributed by atoms with E-state index in [1.807, 2.05) is 17.0 Å². The summed E-state index contributed by atoms with van der Waals surface area (Å²) in [6, 6.07) is 6.75. The van der Waals surface area contributed by atoms with E-state index in [1.54, 1.807) is 24.7 Å². The standard InChI is InChI=1S/C21H27F3N4O2S/c22-21(23,24)31(29,30)27-12-17-7-3-4-8-20(17)28(13-18-11-25-15-26-18)19(14-27)10-9-16-5-1-2-6-16/h3-4,7-8,11,15-16,19H,1-2,5-6,9-10,12-14H2,(H,25,26). The lowest BCUT2D eigenvalue weighted by Crippen LogP contribution is -2.47. The highest BCUT2D eigenvalue weighted by atomic mass is 32.2. The minimum Gasteiger partial charge on any atom is -0.361 e. The number of para-hydroxylation sites is 1. The molecule has 31 heavy (non-hydrogen) atoms. The van der Waals surface area contributed by atoms with Crippen LogP contribution < -0.4 is 4.90 Å². The molecule has 1 unspecified atom stereocenters. The van der Waals surface area contributed by atoms with Crippen molar-refractivity contribution >= 4 is 15.7 Å². The lowest BCUT2D eigenvalue weighted by Gasteiger charge is -2.34. The van der Waals surface area contributed by atoms with Gasteiger partial charge in [-0.1, -0.05) is 43.9 Å². The number of anilines is 1. The first-order valence-corrected chi connectivity index (χ1v) is 12.1. The molecule has 1 saturated carbocycles. The molecule has 0 saturated heterocycles. The monoisotopic (exact) mass is 456 g/mol.